The number of hydrogen-bond donors (Lipinski definition) is 2. The SMILES string of the molecule is O=C(O)C1CCCn2c(Cc3ccccc3O)nnc21. The lowest BCUT2D eigenvalue weighted by atomic mass is 9.99. The van der Waals surface area contributed by atoms with Crippen LogP contribution in [0.25, 0.3) is 0 Å². The fourth-order valence-electron chi connectivity index (χ4n) is 2.63. The maximum Gasteiger partial charge on any atom is 0.314 e. The molecule has 1 aliphatic heterocycles. The maximum atomic E-state index is 11.2. The van der Waals surface area contributed by atoms with E-state index in [-0.39, 0.29) is 5.75 Å². The third-order valence-corrected chi connectivity index (χ3v) is 3.68. The van der Waals surface area contributed by atoms with Crippen molar-refractivity contribution in [3.63, 3.8) is 0 Å². The van der Waals surface area contributed by atoms with Crippen LogP contribution in [0.5, 0.6) is 5.75 Å². The number of aromatic nitrogens is 3. The molecule has 20 heavy (non-hydrogen) atoms. The van der Waals surface area contributed by atoms with Gasteiger partial charge in [0.25, 0.3) is 0 Å². The lowest BCUT2D eigenvalue weighted by Gasteiger charge is -2.20. The zero-order chi connectivity index (χ0) is 14.1. The summed E-state index contributed by atoms with van der Waals surface area (Å²) in [7, 11) is 0. The van der Waals surface area contributed by atoms with Crippen molar-refractivity contribution in [1.82, 2.24) is 14.8 Å². The Bertz CT molecular complexity index is 651. The Kier molecular flexibility index (Phi) is 3.14. The van der Waals surface area contributed by atoms with Crippen molar-refractivity contribution in [2.75, 3.05) is 0 Å². The van der Waals surface area contributed by atoms with Crippen molar-refractivity contribution >= 4 is 5.97 Å². The number of carboxylic acids is 1. The summed E-state index contributed by atoms with van der Waals surface area (Å²) in [5.74, 6) is 0.0129. The van der Waals surface area contributed by atoms with Gasteiger partial charge in [-0.05, 0) is 18.9 Å². The van der Waals surface area contributed by atoms with Crippen LogP contribution in [0.4, 0.5) is 0 Å². The van der Waals surface area contributed by atoms with Crippen LogP contribution < -0.4 is 0 Å². The van der Waals surface area contributed by atoms with Gasteiger partial charge >= 0.3 is 5.97 Å². The highest BCUT2D eigenvalue weighted by Gasteiger charge is 2.30. The minimum Gasteiger partial charge on any atom is -0.508 e. The standard InChI is InChI=1S/C14H15N3O3/c18-11-6-2-1-4-9(11)8-12-15-16-13-10(14(19)20)5-3-7-17(12)13/h1-2,4,6,10,18H,3,5,7-8H2,(H,19,20). The van der Waals surface area contributed by atoms with E-state index in [2.05, 4.69) is 10.2 Å². The summed E-state index contributed by atoms with van der Waals surface area (Å²) in [6.07, 6.45) is 1.85. The van der Waals surface area contributed by atoms with E-state index in [1.54, 1.807) is 12.1 Å². The molecule has 0 amide bonds. The third-order valence-electron chi connectivity index (χ3n) is 3.68. The third kappa shape index (κ3) is 2.13. The number of phenols is 1. The average molecular weight is 273 g/mol. The Hall–Kier alpha value is -2.37. The van der Waals surface area contributed by atoms with Gasteiger partial charge in [0.15, 0.2) is 0 Å². The molecule has 0 aliphatic carbocycles. The summed E-state index contributed by atoms with van der Waals surface area (Å²) in [6, 6.07) is 7.07. The van der Waals surface area contributed by atoms with E-state index in [0.717, 1.165) is 18.5 Å². The van der Waals surface area contributed by atoms with E-state index >= 15 is 0 Å². The topological polar surface area (TPSA) is 88.2 Å². The van der Waals surface area contributed by atoms with Gasteiger partial charge in [-0.15, -0.1) is 10.2 Å². The highest BCUT2D eigenvalue weighted by molar-refractivity contribution is 5.75. The van der Waals surface area contributed by atoms with Gasteiger partial charge < -0.3 is 14.8 Å². The van der Waals surface area contributed by atoms with Crippen molar-refractivity contribution in [2.24, 2.45) is 0 Å². The molecule has 2 N–H and O–H groups in total. The van der Waals surface area contributed by atoms with E-state index in [1.807, 2.05) is 16.7 Å². The normalized spacial score (nSPS) is 17.7. The number of para-hydroxylation sites is 1. The zero-order valence-electron chi connectivity index (χ0n) is 10.9. The van der Waals surface area contributed by atoms with Gasteiger partial charge in [0.1, 0.15) is 23.3 Å². The number of phenolic OH excluding ortho intramolecular Hbond substituents is 1. The van der Waals surface area contributed by atoms with Crippen molar-refractivity contribution in [1.29, 1.82) is 0 Å². The van der Waals surface area contributed by atoms with E-state index in [0.29, 0.717) is 24.5 Å². The fraction of sp³-hybridized carbons (Fsp3) is 0.357. The molecule has 104 valence electrons. The highest BCUT2D eigenvalue weighted by Crippen LogP contribution is 2.28. The molecule has 1 unspecified atom stereocenters. The summed E-state index contributed by atoms with van der Waals surface area (Å²) in [4.78, 5) is 11.2. The predicted molar refractivity (Wildman–Crippen MR) is 70.5 cm³/mol. The van der Waals surface area contributed by atoms with Gasteiger partial charge in [0, 0.05) is 18.5 Å². The Morgan fingerprint density at radius 2 is 2.15 bits per heavy atom. The fourth-order valence-corrected chi connectivity index (χ4v) is 2.63. The minimum absolute atomic E-state index is 0.218. The Morgan fingerprint density at radius 1 is 1.35 bits per heavy atom. The molecule has 1 aromatic heterocycles. The molecule has 0 fully saturated rings. The number of rotatable bonds is 3. The van der Waals surface area contributed by atoms with Crippen molar-refractivity contribution in [2.45, 2.75) is 31.7 Å². The Morgan fingerprint density at radius 3 is 2.90 bits per heavy atom. The first-order chi connectivity index (χ1) is 9.66. The summed E-state index contributed by atoms with van der Waals surface area (Å²) in [5, 5.41) is 27.2. The van der Waals surface area contributed by atoms with Crippen LogP contribution in [0, 0.1) is 0 Å². The second-order valence-electron chi connectivity index (χ2n) is 4.96. The first-order valence-corrected chi connectivity index (χ1v) is 6.58. The van der Waals surface area contributed by atoms with E-state index in [1.165, 1.54) is 0 Å². The molecule has 0 saturated heterocycles. The molecule has 0 radical (unpaired) electrons. The first-order valence-electron chi connectivity index (χ1n) is 6.58. The number of carbonyl (C=O) groups is 1. The Balaban J connectivity index is 1.93. The molecular weight excluding hydrogens is 258 g/mol. The van der Waals surface area contributed by atoms with Gasteiger partial charge in [-0.25, -0.2) is 0 Å². The summed E-state index contributed by atoms with van der Waals surface area (Å²) in [6.45, 7) is 0.731. The number of benzene rings is 1. The first kappa shape index (κ1) is 12.7. The monoisotopic (exact) mass is 273 g/mol. The second kappa shape index (κ2) is 4.96. The van der Waals surface area contributed by atoms with E-state index in [4.69, 9.17) is 0 Å². The number of aromatic hydroxyl groups is 1. The number of aliphatic carboxylic acids is 1. The van der Waals surface area contributed by atoms with E-state index < -0.39 is 11.9 Å². The van der Waals surface area contributed by atoms with Crippen LogP contribution in [0.1, 0.15) is 36.0 Å². The molecule has 6 nitrogen and oxygen atoms in total. The smallest absolute Gasteiger partial charge is 0.314 e. The minimum atomic E-state index is -0.854. The molecule has 3 rings (SSSR count). The molecule has 0 bridgehead atoms. The number of carboxylic acid groups (broad SMARTS) is 1. The van der Waals surface area contributed by atoms with Crippen LogP contribution >= 0.6 is 0 Å². The molecule has 1 aliphatic rings. The summed E-state index contributed by atoms with van der Waals surface area (Å²) in [5.41, 5.74) is 0.764. The lowest BCUT2D eigenvalue weighted by molar-refractivity contribution is -0.139. The van der Waals surface area contributed by atoms with Crippen LogP contribution in [-0.2, 0) is 17.8 Å². The average Bonchev–Trinajstić information content (AvgIpc) is 2.84. The van der Waals surface area contributed by atoms with Crippen LogP contribution in [-0.4, -0.2) is 30.9 Å². The van der Waals surface area contributed by atoms with Crippen LogP contribution in [0.2, 0.25) is 0 Å². The number of fused-ring (bicyclic) bond motifs is 1. The Labute approximate surface area is 115 Å². The van der Waals surface area contributed by atoms with Gasteiger partial charge in [0.2, 0.25) is 0 Å². The summed E-state index contributed by atoms with van der Waals surface area (Å²) >= 11 is 0. The molecule has 2 heterocycles. The predicted octanol–water partition coefficient (Wildman–Crippen LogP) is 1.54. The largest absolute Gasteiger partial charge is 0.508 e. The van der Waals surface area contributed by atoms with Gasteiger partial charge in [-0.1, -0.05) is 18.2 Å². The second-order valence-corrected chi connectivity index (χ2v) is 4.96. The molecule has 1 aromatic carbocycles. The molecule has 1 atom stereocenters. The lowest BCUT2D eigenvalue weighted by Crippen LogP contribution is -2.23. The molecule has 0 saturated carbocycles. The van der Waals surface area contributed by atoms with Crippen molar-refractivity contribution in [3.8, 4) is 5.75 Å². The molecular formula is C14H15N3O3. The van der Waals surface area contributed by atoms with Crippen LogP contribution in [0.3, 0.4) is 0 Å². The van der Waals surface area contributed by atoms with Gasteiger partial charge in [-0.3, -0.25) is 4.79 Å². The van der Waals surface area contributed by atoms with Crippen molar-refractivity contribution in [3.05, 3.63) is 41.5 Å². The molecule has 2 aromatic rings. The van der Waals surface area contributed by atoms with E-state index in [9.17, 15) is 15.0 Å². The van der Waals surface area contributed by atoms with Gasteiger partial charge in [0.05, 0.1) is 0 Å². The van der Waals surface area contributed by atoms with Crippen molar-refractivity contribution < 1.29 is 15.0 Å². The molecule has 6 heteroatoms. The molecule has 0 spiro atoms. The zero-order valence-corrected chi connectivity index (χ0v) is 10.9. The number of hydrogen-bond acceptors (Lipinski definition) is 4. The quantitative estimate of drug-likeness (QED) is 0.885. The van der Waals surface area contributed by atoms with Crippen LogP contribution in [0.15, 0.2) is 24.3 Å². The summed E-state index contributed by atoms with van der Waals surface area (Å²) < 4.78 is 1.87. The highest BCUT2D eigenvalue weighted by atomic mass is 16.4. The maximum absolute atomic E-state index is 11.2. The number of nitrogens with zero attached hydrogens (tertiary/aromatic N) is 3. The van der Waals surface area contributed by atoms with Gasteiger partial charge in [-0.2, -0.15) is 0 Å².